The van der Waals surface area contributed by atoms with E-state index in [2.05, 4.69) is 41.2 Å². The van der Waals surface area contributed by atoms with E-state index < -0.39 is 0 Å². The van der Waals surface area contributed by atoms with E-state index in [0.29, 0.717) is 0 Å². The van der Waals surface area contributed by atoms with Gasteiger partial charge in [-0.3, -0.25) is 0 Å². The van der Waals surface area contributed by atoms with Gasteiger partial charge in [0.15, 0.2) is 0 Å². The second-order valence-corrected chi connectivity index (χ2v) is 3.43. The van der Waals surface area contributed by atoms with Crippen molar-refractivity contribution in [3.63, 3.8) is 0 Å². The Labute approximate surface area is 84.0 Å². The van der Waals surface area contributed by atoms with E-state index in [-0.39, 0.29) is 0 Å². The fraction of sp³-hybridized carbons (Fsp3) is 0.250. The van der Waals surface area contributed by atoms with Crippen LogP contribution in [0.1, 0.15) is 18.2 Å². The Bertz CT molecular complexity index is 412. The smallest absolute Gasteiger partial charge is 0.0929 e. The van der Waals surface area contributed by atoms with Gasteiger partial charge in [0.05, 0.1) is 12.0 Å². The SMILES string of the molecule is CCc1ccc(-c2nc[nH]c2C)cc1. The number of rotatable bonds is 2. The highest BCUT2D eigenvalue weighted by atomic mass is 14.9. The number of hydrogen-bond acceptors (Lipinski definition) is 1. The van der Waals surface area contributed by atoms with E-state index in [0.717, 1.165) is 17.8 Å². The lowest BCUT2D eigenvalue weighted by Gasteiger charge is -2.00. The first kappa shape index (κ1) is 9.00. The van der Waals surface area contributed by atoms with Crippen molar-refractivity contribution in [2.45, 2.75) is 20.3 Å². The highest BCUT2D eigenvalue weighted by Crippen LogP contribution is 2.19. The fourth-order valence-corrected chi connectivity index (χ4v) is 1.55. The average Bonchev–Trinajstić information content (AvgIpc) is 2.65. The molecule has 0 aliphatic rings. The van der Waals surface area contributed by atoms with Crippen molar-refractivity contribution < 1.29 is 0 Å². The third kappa shape index (κ3) is 1.55. The van der Waals surface area contributed by atoms with E-state index >= 15 is 0 Å². The normalized spacial score (nSPS) is 10.4. The van der Waals surface area contributed by atoms with Crippen LogP contribution in [0.15, 0.2) is 30.6 Å². The van der Waals surface area contributed by atoms with Crippen molar-refractivity contribution in [1.82, 2.24) is 9.97 Å². The van der Waals surface area contributed by atoms with Crippen LogP contribution in [0.25, 0.3) is 11.3 Å². The maximum atomic E-state index is 4.29. The molecule has 2 rings (SSSR count). The predicted molar refractivity (Wildman–Crippen MR) is 58.1 cm³/mol. The molecule has 0 spiro atoms. The van der Waals surface area contributed by atoms with Crippen molar-refractivity contribution in [3.8, 4) is 11.3 Å². The summed E-state index contributed by atoms with van der Waals surface area (Å²) in [5.74, 6) is 0. The number of imidazole rings is 1. The number of nitrogens with one attached hydrogen (secondary N) is 1. The maximum absolute atomic E-state index is 4.29. The number of aryl methyl sites for hydroxylation is 2. The zero-order valence-electron chi connectivity index (χ0n) is 8.54. The first-order valence-electron chi connectivity index (χ1n) is 4.90. The number of H-pyrrole nitrogens is 1. The van der Waals surface area contributed by atoms with Crippen LogP contribution in [-0.4, -0.2) is 9.97 Å². The van der Waals surface area contributed by atoms with Crippen LogP contribution in [0.2, 0.25) is 0 Å². The lowest BCUT2D eigenvalue weighted by Crippen LogP contribution is -1.83. The monoisotopic (exact) mass is 186 g/mol. The van der Waals surface area contributed by atoms with Crippen molar-refractivity contribution >= 4 is 0 Å². The van der Waals surface area contributed by atoms with E-state index in [1.165, 1.54) is 11.1 Å². The van der Waals surface area contributed by atoms with Gasteiger partial charge in [-0.2, -0.15) is 0 Å². The van der Waals surface area contributed by atoms with Crippen molar-refractivity contribution in [2.75, 3.05) is 0 Å². The molecule has 0 amide bonds. The topological polar surface area (TPSA) is 28.7 Å². The maximum Gasteiger partial charge on any atom is 0.0929 e. The Kier molecular flexibility index (Phi) is 2.35. The quantitative estimate of drug-likeness (QED) is 0.767. The average molecular weight is 186 g/mol. The van der Waals surface area contributed by atoms with Crippen LogP contribution in [0, 0.1) is 6.92 Å². The summed E-state index contributed by atoms with van der Waals surface area (Å²) in [7, 11) is 0. The van der Waals surface area contributed by atoms with Gasteiger partial charge in [0, 0.05) is 11.3 Å². The van der Waals surface area contributed by atoms with Gasteiger partial charge in [-0.25, -0.2) is 4.98 Å². The second-order valence-electron chi connectivity index (χ2n) is 3.43. The number of benzene rings is 1. The summed E-state index contributed by atoms with van der Waals surface area (Å²) in [6.07, 6.45) is 2.82. The molecule has 2 nitrogen and oxygen atoms in total. The van der Waals surface area contributed by atoms with Gasteiger partial charge >= 0.3 is 0 Å². The van der Waals surface area contributed by atoms with Gasteiger partial charge in [-0.05, 0) is 18.9 Å². The summed E-state index contributed by atoms with van der Waals surface area (Å²) in [6, 6.07) is 8.57. The van der Waals surface area contributed by atoms with Crippen LogP contribution in [0.3, 0.4) is 0 Å². The summed E-state index contributed by atoms with van der Waals surface area (Å²) < 4.78 is 0. The van der Waals surface area contributed by atoms with Crippen LogP contribution in [-0.2, 0) is 6.42 Å². The molecule has 0 saturated heterocycles. The van der Waals surface area contributed by atoms with Gasteiger partial charge in [0.2, 0.25) is 0 Å². The standard InChI is InChI=1S/C12H14N2/c1-3-10-4-6-11(7-5-10)12-9(2)13-8-14-12/h4-8H,3H2,1-2H3,(H,13,14). The Morgan fingerprint density at radius 2 is 1.93 bits per heavy atom. The van der Waals surface area contributed by atoms with Gasteiger partial charge in [0.25, 0.3) is 0 Å². The van der Waals surface area contributed by atoms with E-state index in [1.807, 2.05) is 6.92 Å². The highest BCUT2D eigenvalue weighted by molar-refractivity contribution is 5.61. The molecule has 1 N–H and O–H groups in total. The van der Waals surface area contributed by atoms with Gasteiger partial charge in [-0.1, -0.05) is 31.2 Å². The zero-order chi connectivity index (χ0) is 9.97. The van der Waals surface area contributed by atoms with E-state index in [1.54, 1.807) is 6.33 Å². The molecule has 0 radical (unpaired) electrons. The number of aromatic amines is 1. The molecule has 1 aromatic carbocycles. The molecule has 2 aromatic rings. The second kappa shape index (κ2) is 3.66. The van der Waals surface area contributed by atoms with Gasteiger partial charge in [0.1, 0.15) is 0 Å². The zero-order valence-corrected chi connectivity index (χ0v) is 8.54. The first-order valence-corrected chi connectivity index (χ1v) is 4.90. The largest absolute Gasteiger partial charge is 0.348 e. The van der Waals surface area contributed by atoms with Crippen LogP contribution < -0.4 is 0 Å². The summed E-state index contributed by atoms with van der Waals surface area (Å²) in [5, 5.41) is 0. The van der Waals surface area contributed by atoms with Crippen LogP contribution in [0.4, 0.5) is 0 Å². The molecule has 0 aliphatic carbocycles. The lowest BCUT2D eigenvalue weighted by molar-refractivity contribution is 1.14. The third-order valence-corrected chi connectivity index (χ3v) is 2.47. The molecule has 0 saturated carbocycles. The van der Waals surface area contributed by atoms with Crippen LogP contribution in [0.5, 0.6) is 0 Å². The Hall–Kier alpha value is -1.57. The van der Waals surface area contributed by atoms with E-state index in [4.69, 9.17) is 0 Å². The molecule has 72 valence electrons. The summed E-state index contributed by atoms with van der Waals surface area (Å²) in [4.78, 5) is 7.37. The molecule has 0 unspecified atom stereocenters. The van der Waals surface area contributed by atoms with Crippen molar-refractivity contribution in [3.05, 3.63) is 41.9 Å². The summed E-state index contributed by atoms with van der Waals surface area (Å²) >= 11 is 0. The van der Waals surface area contributed by atoms with Crippen LogP contribution >= 0.6 is 0 Å². The first-order chi connectivity index (χ1) is 6.81. The number of aromatic nitrogens is 2. The Balaban J connectivity index is 2.39. The number of nitrogens with zero attached hydrogens (tertiary/aromatic N) is 1. The molecular weight excluding hydrogens is 172 g/mol. The lowest BCUT2D eigenvalue weighted by atomic mass is 10.1. The Morgan fingerprint density at radius 1 is 1.21 bits per heavy atom. The van der Waals surface area contributed by atoms with Gasteiger partial charge < -0.3 is 4.98 Å². The minimum absolute atomic E-state index is 1.05. The molecule has 0 aliphatic heterocycles. The van der Waals surface area contributed by atoms with E-state index in [9.17, 15) is 0 Å². The highest BCUT2D eigenvalue weighted by Gasteiger charge is 2.03. The molecule has 0 bridgehead atoms. The molecule has 14 heavy (non-hydrogen) atoms. The predicted octanol–water partition coefficient (Wildman–Crippen LogP) is 2.95. The number of hydrogen-bond donors (Lipinski definition) is 1. The summed E-state index contributed by atoms with van der Waals surface area (Å²) in [6.45, 7) is 4.20. The molecular formula is C12H14N2. The molecule has 0 atom stereocenters. The minimum atomic E-state index is 1.05. The third-order valence-electron chi connectivity index (χ3n) is 2.47. The fourth-order valence-electron chi connectivity index (χ4n) is 1.55. The molecule has 1 heterocycles. The van der Waals surface area contributed by atoms with Crippen molar-refractivity contribution in [2.24, 2.45) is 0 Å². The Morgan fingerprint density at radius 3 is 2.43 bits per heavy atom. The molecule has 0 fully saturated rings. The van der Waals surface area contributed by atoms with Gasteiger partial charge in [-0.15, -0.1) is 0 Å². The summed E-state index contributed by atoms with van der Waals surface area (Å²) in [5.41, 5.74) is 4.71. The molecule has 2 heteroatoms. The minimum Gasteiger partial charge on any atom is -0.348 e. The molecule has 1 aromatic heterocycles. The van der Waals surface area contributed by atoms with Crippen molar-refractivity contribution in [1.29, 1.82) is 0 Å².